The van der Waals surface area contributed by atoms with Crippen LogP contribution in [0.4, 0.5) is 0 Å². The largest absolute Gasteiger partial charge is 0.149 e. The van der Waals surface area contributed by atoms with E-state index in [1.165, 1.54) is 16.2 Å². The predicted octanol–water partition coefficient (Wildman–Crippen LogP) is 7.27. The van der Waals surface area contributed by atoms with Gasteiger partial charge >= 0.3 is 0 Å². The Labute approximate surface area is 174 Å². The Morgan fingerprint density at radius 3 is 1.57 bits per heavy atom. The van der Waals surface area contributed by atoms with Crippen molar-refractivity contribution in [2.24, 2.45) is 0 Å². The zero-order valence-electron chi connectivity index (χ0n) is 16.3. The molecule has 0 aliphatic heterocycles. The molecular weight excluding hydrogens is 364 g/mol. The highest BCUT2D eigenvalue weighted by Crippen LogP contribution is 2.42. The first-order valence-corrected chi connectivity index (χ1v) is 10.1. The summed E-state index contributed by atoms with van der Waals surface area (Å²) >= 11 is 0. The average molecular weight is 382 g/mol. The van der Waals surface area contributed by atoms with E-state index in [2.05, 4.69) is 103 Å². The van der Waals surface area contributed by atoms with Gasteiger partial charge in [-0.2, -0.15) is 0 Å². The second kappa shape index (κ2) is 6.78. The zero-order valence-corrected chi connectivity index (χ0v) is 16.3. The SMILES string of the molecule is c1ccc(-c2nnc3c4ccccc4c4ccccc4c3c2-c2ccccc2)cc1. The molecule has 1 heterocycles. The summed E-state index contributed by atoms with van der Waals surface area (Å²) in [7, 11) is 0. The molecule has 6 rings (SSSR count). The van der Waals surface area contributed by atoms with E-state index in [9.17, 15) is 0 Å². The van der Waals surface area contributed by atoms with Crippen LogP contribution in [0, 0.1) is 0 Å². The van der Waals surface area contributed by atoms with Crippen molar-refractivity contribution in [3.8, 4) is 22.4 Å². The van der Waals surface area contributed by atoms with Crippen LogP contribution in [-0.4, -0.2) is 10.2 Å². The van der Waals surface area contributed by atoms with Crippen molar-refractivity contribution in [2.45, 2.75) is 0 Å². The van der Waals surface area contributed by atoms with Gasteiger partial charge in [0.1, 0.15) is 11.2 Å². The van der Waals surface area contributed by atoms with Gasteiger partial charge in [-0.25, -0.2) is 0 Å². The summed E-state index contributed by atoms with van der Waals surface area (Å²) in [6.07, 6.45) is 0. The lowest BCUT2D eigenvalue weighted by Gasteiger charge is -2.16. The number of aromatic nitrogens is 2. The van der Waals surface area contributed by atoms with Gasteiger partial charge in [0.15, 0.2) is 0 Å². The number of nitrogens with zero attached hydrogens (tertiary/aromatic N) is 2. The molecule has 0 saturated heterocycles. The third kappa shape index (κ3) is 2.51. The van der Waals surface area contributed by atoms with E-state index in [1.54, 1.807) is 0 Å². The minimum absolute atomic E-state index is 0.912. The van der Waals surface area contributed by atoms with Crippen LogP contribution >= 0.6 is 0 Å². The predicted molar refractivity (Wildman–Crippen MR) is 125 cm³/mol. The van der Waals surface area contributed by atoms with Crippen molar-refractivity contribution in [1.82, 2.24) is 10.2 Å². The van der Waals surface area contributed by atoms with Crippen LogP contribution in [0.1, 0.15) is 0 Å². The van der Waals surface area contributed by atoms with E-state index < -0.39 is 0 Å². The van der Waals surface area contributed by atoms with Crippen molar-refractivity contribution in [3.63, 3.8) is 0 Å². The van der Waals surface area contributed by atoms with E-state index in [-0.39, 0.29) is 0 Å². The average Bonchev–Trinajstić information content (AvgIpc) is 2.84. The molecule has 0 amide bonds. The van der Waals surface area contributed by atoms with Crippen LogP contribution in [0.5, 0.6) is 0 Å². The topological polar surface area (TPSA) is 25.8 Å². The number of hydrogen-bond acceptors (Lipinski definition) is 2. The summed E-state index contributed by atoms with van der Waals surface area (Å²) in [5.74, 6) is 0. The van der Waals surface area contributed by atoms with Crippen molar-refractivity contribution in [2.75, 3.05) is 0 Å². The molecule has 5 aromatic carbocycles. The van der Waals surface area contributed by atoms with Gasteiger partial charge in [0.2, 0.25) is 0 Å². The van der Waals surface area contributed by atoms with Gasteiger partial charge in [-0.05, 0) is 21.7 Å². The Kier molecular flexibility index (Phi) is 3.82. The van der Waals surface area contributed by atoms with Gasteiger partial charge in [0, 0.05) is 21.9 Å². The maximum Gasteiger partial charge on any atom is 0.102 e. The molecule has 0 atom stereocenters. The van der Waals surface area contributed by atoms with Gasteiger partial charge in [-0.1, -0.05) is 109 Å². The third-order valence-electron chi connectivity index (χ3n) is 5.75. The Morgan fingerprint density at radius 1 is 0.400 bits per heavy atom. The van der Waals surface area contributed by atoms with Gasteiger partial charge in [-0.3, -0.25) is 0 Å². The fraction of sp³-hybridized carbons (Fsp3) is 0. The molecular formula is C28H18N2. The Balaban J connectivity index is 1.90. The van der Waals surface area contributed by atoms with Crippen LogP contribution in [-0.2, 0) is 0 Å². The number of hydrogen-bond donors (Lipinski definition) is 0. The lowest BCUT2D eigenvalue weighted by atomic mass is 9.90. The van der Waals surface area contributed by atoms with E-state index in [4.69, 9.17) is 10.2 Å². The van der Waals surface area contributed by atoms with Crippen molar-refractivity contribution in [3.05, 3.63) is 109 Å². The summed E-state index contributed by atoms with van der Waals surface area (Å²) in [5, 5.41) is 15.5. The van der Waals surface area contributed by atoms with Gasteiger partial charge < -0.3 is 0 Å². The summed E-state index contributed by atoms with van der Waals surface area (Å²) in [6, 6.07) is 38.0. The Bertz CT molecular complexity index is 1490. The molecule has 0 aliphatic carbocycles. The first-order valence-electron chi connectivity index (χ1n) is 10.1. The standard InChI is InChI=1S/C28H18N2/c1-3-11-19(12-4-1)25-26-23-17-9-7-15-21(23)22-16-8-10-18-24(22)28(26)30-29-27(25)20-13-5-2-6-14-20/h1-18H. The molecule has 0 bridgehead atoms. The number of rotatable bonds is 2. The number of fused-ring (bicyclic) bond motifs is 6. The Morgan fingerprint density at radius 2 is 0.900 bits per heavy atom. The molecule has 2 heteroatoms. The normalized spacial score (nSPS) is 11.3. The molecule has 0 aliphatic rings. The minimum Gasteiger partial charge on any atom is -0.149 e. The summed E-state index contributed by atoms with van der Waals surface area (Å²) in [5.41, 5.74) is 5.21. The number of benzene rings is 5. The second-order valence-corrected chi connectivity index (χ2v) is 7.47. The lowest BCUT2D eigenvalue weighted by molar-refractivity contribution is 1.09. The molecule has 140 valence electrons. The summed E-state index contributed by atoms with van der Waals surface area (Å²) < 4.78 is 0. The van der Waals surface area contributed by atoms with Gasteiger partial charge in [0.05, 0.1) is 0 Å². The van der Waals surface area contributed by atoms with Gasteiger partial charge in [0.25, 0.3) is 0 Å². The maximum absolute atomic E-state index is 4.77. The monoisotopic (exact) mass is 382 g/mol. The molecule has 0 unspecified atom stereocenters. The molecule has 6 aromatic rings. The molecule has 2 nitrogen and oxygen atoms in total. The first-order chi connectivity index (χ1) is 14.9. The molecule has 0 saturated carbocycles. The van der Waals surface area contributed by atoms with Crippen LogP contribution in [0.25, 0.3) is 54.8 Å². The smallest absolute Gasteiger partial charge is 0.102 e. The molecule has 30 heavy (non-hydrogen) atoms. The molecule has 0 fully saturated rings. The fourth-order valence-corrected chi connectivity index (χ4v) is 4.43. The quantitative estimate of drug-likeness (QED) is 0.294. The molecule has 0 N–H and O–H groups in total. The maximum atomic E-state index is 4.77. The van der Waals surface area contributed by atoms with Crippen molar-refractivity contribution in [1.29, 1.82) is 0 Å². The minimum atomic E-state index is 0.912. The fourth-order valence-electron chi connectivity index (χ4n) is 4.43. The van der Waals surface area contributed by atoms with E-state index in [1.807, 2.05) is 6.07 Å². The van der Waals surface area contributed by atoms with Crippen LogP contribution in [0.3, 0.4) is 0 Å². The van der Waals surface area contributed by atoms with Crippen LogP contribution in [0.15, 0.2) is 109 Å². The molecule has 1 aromatic heterocycles. The molecule has 0 radical (unpaired) electrons. The highest BCUT2D eigenvalue weighted by Gasteiger charge is 2.19. The van der Waals surface area contributed by atoms with E-state index in [0.717, 1.165) is 38.7 Å². The zero-order chi connectivity index (χ0) is 19.9. The van der Waals surface area contributed by atoms with Crippen LogP contribution in [0.2, 0.25) is 0 Å². The molecule has 0 spiro atoms. The highest BCUT2D eigenvalue weighted by atomic mass is 15.1. The highest BCUT2D eigenvalue weighted by molar-refractivity contribution is 6.28. The van der Waals surface area contributed by atoms with Gasteiger partial charge in [-0.15, -0.1) is 10.2 Å². The van der Waals surface area contributed by atoms with E-state index in [0.29, 0.717) is 0 Å². The second-order valence-electron chi connectivity index (χ2n) is 7.47. The van der Waals surface area contributed by atoms with E-state index >= 15 is 0 Å². The van der Waals surface area contributed by atoms with Crippen molar-refractivity contribution < 1.29 is 0 Å². The van der Waals surface area contributed by atoms with Crippen LogP contribution < -0.4 is 0 Å². The first kappa shape index (κ1) is 16.9. The lowest BCUT2D eigenvalue weighted by Crippen LogP contribution is -1.97. The summed E-state index contributed by atoms with van der Waals surface area (Å²) in [4.78, 5) is 0. The Hall–Kier alpha value is -4.04. The third-order valence-corrected chi connectivity index (χ3v) is 5.75. The van der Waals surface area contributed by atoms with Crippen molar-refractivity contribution >= 4 is 32.4 Å². The summed E-state index contributed by atoms with van der Waals surface area (Å²) in [6.45, 7) is 0.